The van der Waals surface area contributed by atoms with Crippen LogP contribution in [0.3, 0.4) is 0 Å². The average Bonchev–Trinajstić information content (AvgIpc) is 2.46. The molecule has 0 radical (unpaired) electrons. The van der Waals surface area contributed by atoms with E-state index in [-0.39, 0.29) is 5.91 Å². The van der Waals surface area contributed by atoms with E-state index in [2.05, 4.69) is 10.3 Å². The fourth-order valence-corrected chi connectivity index (χ4v) is 1.65. The molecule has 3 nitrogen and oxygen atoms in total. The minimum Gasteiger partial charge on any atom is -0.352 e. The minimum atomic E-state index is 0.0730. The number of nitrogens with one attached hydrogen (secondary N) is 1. The summed E-state index contributed by atoms with van der Waals surface area (Å²) >= 11 is 0. The van der Waals surface area contributed by atoms with Crippen LogP contribution in [0.15, 0.2) is 48.7 Å². The van der Waals surface area contributed by atoms with Crippen molar-refractivity contribution in [2.45, 2.75) is 19.9 Å². The van der Waals surface area contributed by atoms with Gasteiger partial charge in [-0.3, -0.25) is 9.78 Å². The molecule has 1 aromatic heterocycles. The zero-order valence-corrected chi connectivity index (χ0v) is 10.4. The maximum Gasteiger partial charge on any atom is 0.219 e. The molecule has 0 aliphatic carbocycles. The van der Waals surface area contributed by atoms with Gasteiger partial charge in [-0.1, -0.05) is 37.3 Å². The second-order valence-corrected chi connectivity index (χ2v) is 4.04. The van der Waals surface area contributed by atoms with Crippen LogP contribution in [0.5, 0.6) is 0 Å². The quantitative estimate of drug-likeness (QED) is 0.892. The molecule has 0 aliphatic rings. The van der Waals surface area contributed by atoms with Gasteiger partial charge in [-0.25, -0.2) is 0 Å². The van der Waals surface area contributed by atoms with Gasteiger partial charge < -0.3 is 5.32 Å². The topological polar surface area (TPSA) is 42.0 Å². The number of carbonyl (C=O) groups is 1. The van der Waals surface area contributed by atoms with Gasteiger partial charge in [-0.15, -0.1) is 0 Å². The van der Waals surface area contributed by atoms with Crippen LogP contribution in [0.4, 0.5) is 0 Å². The van der Waals surface area contributed by atoms with Gasteiger partial charge in [-0.05, 0) is 17.7 Å². The summed E-state index contributed by atoms with van der Waals surface area (Å²) in [7, 11) is 0. The molecule has 0 atom stereocenters. The molecule has 2 aromatic rings. The van der Waals surface area contributed by atoms with Gasteiger partial charge in [0.2, 0.25) is 5.91 Å². The van der Waals surface area contributed by atoms with E-state index >= 15 is 0 Å². The molecular formula is C15H16N2O. The summed E-state index contributed by atoms with van der Waals surface area (Å²) in [4.78, 5) is 15.4. The first-order valence-electron chi connectivity index (χ1n) is 6.06. The lowest BCUT2D eigenvalue weighted by atomic mass is 10.1. The predicted molar refractivity (Wildman–Crippen MR) is 71.8 cm³/mol. The third-order valence-electron chi connectivity index (χ3n) is 2.73. The first-order chi connectivity index (χ1) is 8.79. The highest BCUT2D eigenvalue weighted by molar-refractivity contribution is 5.75. The number of benzene rings is 1. The van der Waals surface area contributed by atoms with E-state index in [9.17, 15) is 4.79 Å². The summed E-state index contributed by atoms with van der Waals surface area (Å²) < 4.78 is 0. The summed E-state index contributed by atoms with van der Waals surface area (Å²) in [5, 5.41) is 2.85. The third kappa shape index (κ3) is 3.17. The number of carbonyl (C=O) groups excluding carboxylic acids is 1. The summed E-state index contributed by atoms with van der Waals surface area (Å²) in [6.07, 6.45) is 2.30. The monoisotopic (exact) mass is 240 g/mol. The molecule has 1 amide bonds. The van der Waals surface area contributed by atoms with E-state index in [4.69, 9.17) is 0 Å². The Morgan fingerprint density at radius 3 is 2.56 bits per heavy atom. The molecule has 2 rings (SSSR count). The molecule has 0 spiro atoms. The minimum absolute atomic E-state index is 0.0730. The second-order valence-electron chi connectivity index (χ2n) is 4.04. The highest BCUT2D eigenvalue weighted by Gasteiger charge is 2.00. The fraction of sp³-hybridized carbons (Fsp3) is 0.200. The van der Waals surface area contributed by atoms with E-state index < -0.39 is 0 Å². The Labute approximate surface area is 107 Å². The molecular weight excluding hydrogens is 224 g/mol. The summed E-state index contributed by atoms with van der Waals surface area (Å²) in [5.41, 5.74) is 3.14. The highest BCUT2D eigenvalue weighted by atomic mass is 16.1. The molecule has 1 N–H and O–H groups in total. The van der Waals surface area contributed by atoms with E-state index in [1.807, 2.05) is 49.4 Å². The number of aromatic nitrogens is 1. The van der Waals surface area contributed by atoms with Crippen molar-refractivity contribution in [1.82, 2.24) is 10.3 Å². The van der Waals surface area contributed by atoms with Crippen molar-refractivity contribution >= 4 is 5.91 Å². The molecule has 1 aromatic carbocycles. The van der Waals surface area contributed by atoms with Crippen LogP contribution in [0.25, 0.3) is 11.3 Å². The smallest absolute Gasteiger partial charge is 0.219 e. The normalized spacial score (nSPS) is 10.1. The van der Waals surface area contributed by atoms with Crippen molar-refractivity contribution < 1.29 is 4.79 Å². The Bertz CT molecular complexity index is 506. The van der Waals surface area contributed by atoms with Crippen LogP contribution in [-0.2, 0) is 11.3 Å². The zero-order chi connectivity index (χ0) is 12.8. The Morgan fingerprint density at radius 1 is 1.17 bits per heavy atom. The number of rotatable bonds is 4. The number of pyridine rings is 1. The molecule has 0 unspecified atom stereocenters. The SMILES string of the molecule is CCC(=O)NCc1ccc(-c2ccccn2)cc1. The van der Waals surface area contributed by atoms with E-state index in [1.165, 1.54) is 0 Å². The lowest BCUT2D eigenvalue weighted by Crippen LogP contribution is -2.21. The van der Waals surface area contributed by atoms with Crippen LogP contribution < -0.4 is 5.32 Å². The Morgan fingerprint density at radius 2 is 1.94 bits per heavy atom. The van der Waals surface area contributed by atoms with Crippen LogP contribution in [0.1, 0.15) is 18.9 Å². The Balaban J connectivity index is 2.04. The standard InChI is InChI=1S/C15H16N2O/c1-2-15(18)17-11-12-6-8-13(9-7-12)14-5-3-4-10-16-14/h3-10H,2,11H2,1H3,(H,17,18). The molecule has 0 fully saturated rings. The third-order valence-corrected chi connectivity index (χ3v) is 2.73. The van der Waals surface area contributed by atoms with Crippen molar-refractivity contribution in [3.05, 3.63) is 54.2 Å². The first-order valence-corrected chi connectivity index (χ1v) is 6.06. The summed E-state index contributed by atoms with van der Waals surface area (Å²) in [6, 6.07) is 13.9. The van der Waals surface area contributed by atoms with E-state index in [0.29, 0.717) is 13.0 Å². The molecule has 0 bridgehead atoms. The van der Waals surface area contributed by atoms with Crippen molar-refractivity contribution in [2.75, 3.05) is 0 Å². The lowest BCUT2D eigenvalue weighted by molar-refractivity contribution is -0.120. The predicted octanol–water partition coefficient (Wildman–Crippen LogP) is 2.77. The summed E-state index contributed by atoms with van der Waals surface area (Å²) in [6.45, 7) is 2.43. The van der Waals surface area contributed by atoms with Crippen molar-refractivity contribution in [3.8, 4) is 11.3 Å². The van der Waals surface area contributed by atoms with Crippen molar-refractivity contribution in [2.24, 2.45) is 0 Å². The molecule has 0 aliphatic heterocycles. The Hall–Kier alpha value is -2.16. The van der Waals surface area contributed by atoms with Crippen LogP contribution in [0.2, 0.25) is 0 Å². The first kappa shape index (κ1) is 12.3. The van der Waals surface area contributed by atoms with Gasteiger partial charge in [0.15, 0.2) is 0 Å². The van der Waals surface area contributed by atoms with Gasteiger partial charge in [0.1, 0.15) is 0 Å². The van der Waals surface area contributed by atoms with Crippen LogP contribution in [0, 0.1) is 0 Å². The Kier molecular flexibility index (Phi) is 4.07. The maximum absolute atomic E-state index is 11.2. The van der Waals surface area contributed by atoms with Gasteiger partial charge in [0.25, 0.3) is 0 Å². The van der Waals surface area contributed by atoms with Gasteiger partial charge in [-0.2, -0.15) is 0 Å². The molecule has 0 saturated heterocycles. The second kappa shape index (κ2) is 5.96. The molecule has 0 saturated carbocycles. The summed E-state index contributed by atoms with van der Waals surface area (Å²) in [5.74, 6) is 0.0730. The van der Waals surface area contributed by atoms with Crippen LogP contribution in [-0.4, -0.2) is 10.9 Å². The number of hydrogen-bond donors (Lipinski definition) is 1. The molecule has 3 heteroatoms. The molecule has 1 heterocycles. The maximum atomic E-state index is 11.2. The zero-order valence-electron chi connectivity index (χ0n) is 10.4. The number of hydrogen-bond acceptors (Lipinski definition) is 2. The van der Waals surface area contributed by atoms with Crippen molar-refractivity contribution in [3.63, 3.8) is 0 Å². The highest BCUT2D eigenvalue weighted by Crippen LogP contribution is 2.16. The van der Waals surface area contributed by atoms with Gasteiger partial charge >= 0.3 is 0 Å². The van der Waals surface area contributed by atoms with Crippen LogP contribution >= 0.6 is 0 Å². The number of amides is 1. The molecule has 18 heavy (non-hydrogen) atoms. The van der Waals surface area contributed by atoms with E-state index in [0.717, 1.165) is 16.8 Å². The fourth-order valence-electron chi connectivity index (χ4n) is 1.65. The van der Waals surface area contributed by atoms with Gasteiger partial charge in [0.05, 0.1) is 5.69 Å². The van der Waals surface area contributed by atoms with E-state index in [1.54, 1.807) is 6.20 Å². The largest absolute Gasteiger partial charge is 0.352 e. The van der Waals surface area contributed by atoms with Gasteiger partial charge in [0, 0.05) is 24.7 Å². The average molecular weight is 240 g/mol. The van der Waals surface area contributed by atoms with Crippen molar-refractivity contribution in [1.29, 1.82) is 0 Å². The lowest BCUT2D eigenvalue weighted by Gasteiger charge is -2.05. The number of nitrogens with zero attached hydrogens (tertiary/aromatic N) is 1. The molecule has 92 valence electrons.